The molecule has 0 aromatic heterocycles. The Balaban J connectivity index is 1.76. The molecule has 2 aliphatic rings. The third-order valence-corrected chi connectivity index (χ3v) is 9.46. The van der Waals surface area contributed by atoms with Crippen molar-refractivity contribution >= 4 is 21.7 Å². The zero-order chi connectivity index (χ0) is 26.1. The largest absolute Gasteiger partial charge is 0.416 e. The standard InChI is InChI=1S/C24H34F3N3O4S/c1-14(2)30(21-9-17-10-28-11-19(17)20(21)13-35(33,34)15(3)4)22(31)12-29-23(32)16-6-5-7-18(8-16)24(25,26)27/h5-8,14-15,17,19-21,28H,9-13H2,1-4H3,(H,29,32). The number of rotatable bonds is 8. The lowest BCUT2D eigenvalue weighted by atomic mass is 9.92. The van der Waals surface area contributed by atoms with E-state index in [1.165, 1.54) is 6.07 Å². The molecule has 0 radical (unpaired) electrons. The Morgan fingerprint density at radius 2 is 1.86 bits per heavy atom. The first-order chi connectivity index (χ1) is 16.2. The van der Waals surface area contributed by atoms with Crippen LogP contribution in [0.15, 0.2) is 24.3 Å². The summed E-state index contributed by atoms with van der Waals surface area (Å²) < 4.78 is 64.5. The van der Waals surface area contributed by atoms with Crippen molar-refractivity contribution in [1.29, 1.82) is 0 Å². The second-order valence-electron chi connectivity index (χ2n) is 10.1. The number of sulfone groups is 1. The minimum absolute atomic E-state index is 0.00866. The number of fused-ring (bicyclic) bond motifs is 1. The van der Waals surface area contributed by atoms with Crippen molar-refractivity contribution in [2.24, 2.45) is 17.8 Å². The zero-order valence-corrected chi connectivity index (χ0v) is 21.2. The Hall–Kier alpha value is -2.14. The molecule has 196 valence electrons. The summed E-state index contributed by atoms with van der Waals surface area (Å²) >= 11 is 0. The average Bonchev–Trinajstić information content (AvgIpc) is 3.34. The highest BCUT2D eigenvalue weighted by Gasteiger charge is 2.50. The molecule has 1 aliphatic carbocycles. The van der Waals surface area contributed by atoms with Crippen LogP contribution in [0.1, 0.15) is 50.0 Å². The molecule has 3 rings (SSSR count). The van der Waals surface area contributed by atoms with Crippen molar-refractivity contribution in [2.45, 2.75) is 57.6 Å². The number of amides is 2. The Bertz CT molecular complexity index is 1040. The molecule has 4 unspecified atom stereocenters. The lowest BCUT2D eigenvalue weighted by molar-refractivity contribution is -0.137. The molecule has 2 amide bonds. The van der Waals surface area contributed by atoms with Crippen LogP contribution >= 0.6 is 0 Å². The molecule has 7 nitrogen and oxygen atoms in total. The van der Waals surface area contributed by atoms with Crippen LogP contribution in [0.25, 0.3) is 0 Å². The van der Waals surface area contributed by atoms with Gasteiger partial charge in [0.05, 0.1) is 23.1 Å². The topological polar surface area (TPSA) is 95.6 Å². The second kappa shape index (κ2) is 10.5. The van der Waals surface area contributed by atoms with Gasteiger partial charge in [-0.25, -0.2) is 8.42 Å². The predicted molar refractivity (Wildman–Crippen MR) is 126 cm³/mol. The average molecular weight is 518 g/mol. The molecule has 35 heavy (non-hydrogen) atoms. The lowest BCUT2D eigenvalue weighted by Gasteiger charge is -2.38. The van der Waals surface area contributed by atoms with Gasteiger partial charge in [-0.3, -0.25) is 9.59 Å². The van der Waals surface area contributed by atoms with Gasteiger partial charge < -0.3 is 15.5 Å². The van der Waals surface area contributed by atoms with E-state index in [4.69, 9.17) is 0 Å². The number of halogens is 3. The van der Waals surface area contributed by atoms with Gasteiger partial charge in [-0.2, -0.15) is 13.2 Å². The highest BCUT2D eigenvalue weighted by molar-refractivity contribution is 7.91. The quantitative estimate of drug-likeness (QED) is 0.553. The second-order valence-corrected chi connectivity index (χ2v) is 12.7. The molecular formula is C24H34F3N3O4S. The van der Waals surface area contributed by atoms with E-state index < -0.39 is 32.7 Å². The SMILES string of the molecule is CC(C)N(C(=O)CNC(=O)c1cccc(C(F)(F)F)c1)C1CC2CNCC2C1CS(=O)(=O)C(C)C. The van der Waals surface area contributed by atoms with E-state index in [1.807, 2.05) is 13.8 Å². The summed E-state index contributed by atoms with van der Waals surface area (Å²) in [5.41, 5.74) is -1.13. The van der Waals surface area contributed by atoms with Crippen LogP contribution in [-0.4, -0.2) is 67.9 Å². The molecule has 1 aromatic rings. The zero-order valence-electron chi connectivity index (χ0n) is 20.4. The number of hydrogen-bond donors (Lipinski definition) is 2. The van der Waals surface area contributed by atoms with Crippen molar-refractivity contribution in [3.63, 3.8) is 0 Å². The van der Waals surface area contributed by atoms with E-state index >= 15 is 0 Å². The first kappa shape index (κ1) is 27.4. The fraction of sp³-hybridized carbons (Fsp3) is 0.667. The molecule has 0 spiro atoms. The van der Waals surface area contributed by atoms with Gasteiger partial charge in [-0.15, -0.1) is 0 Å². The highest BCUT2D eigenvalue weighted by Crippen LogP contribution is 2.43. The van der Waals surface area contributed by atoms with Gasteiger partial charge >= 0.3 is 6.18 Å². The highest BCUT2D eigenvalue weighted by atomic mass is 32.2. The maximum Gasteiger partial charge on any atom is 0.416 e. The van der Waals surface area contributed by atoms with Gasteiger partial charge in [0, 0.05) is 17.6 Å². The van der Waals surface area contributed by atoms with Gasteiger partial charge in [-0.1, -0.05) is 6.07 Å². The van der Waals surface area contributed by atoms with Gasteiger partial charge in [0.1, 0.15) is 0 Å². The van der Waals surface area contributed by atoms with E-state index in [0.717, 1.165) is 24.7 Å². The maximum absolute atomic E-state index is 13.3. The van der Waals surface area contributed by atoms with Gasteiger partial charge in [0.25, 0.3) is 5.91 Å². The van der Waals surface area contributed by atoms with Crippen LogP contribution in [0.5, 0.6) is 0 Å². The van der Waals surface area contributed by atoms with Crippen LogP contribution < -0.4 is 10.6 Å². The van der Waals surface area contributed by atoms with E-state index in [9.17, 15) is 31.2 Å². The smallest absolute Gasteiger partial charge is 0.343 e. The Morgan fingerprint density at radius 3 is 2.46 bits per heavy atom. The molecular weight excluding hydrogens is 483 g/mol. The third kappa shape index (κ3) is 6.17. The molecule has 1 saturated carbocycles. The number of hydrogen-bond acceptors (Lipinski definition) is 5. The fourth-order valence-electron chi connectivity index (χ4n) is 5.34. The third-order valence-electron chi connectivity index (χ3n) is 7.18. The summed E-state index contributed by atoms with van der Waals surface area (Å²) in [5.74, 6) is -0.994. The van der Waals surface area contributed by atoms with Gasteiger partial charge in [0.2, 0.25) is 5.91 Å². The number of carbonyl (C=O) groups excluding carboxylic acids is 2. The molecule has 1 heterocycles. The molecule has 1 saturated heterocycles. The van der Waals surface area contributed by atoms with Crippen molar-refractivity contribution in [1.82, 2.24) is 15.5 Å². The number of benzene rings is 1. The Labute approximate surface area is 204 Å². The van der Waals surface area contributed by atoms with Gasteiger partial charge in [0.15, 0.2) is 9.84 Å². The number of nitrogens with one attached hydrogen (secondary N) is 2. The molecule has 1 aliphatic heterocycles. The lowest BCUT2D eigenvalue weighted by Crippen LogP contribution is -2.52. The molecule has 0 bridgehead atoms. The van der Waals surface area contributed by atoms with Crippen molar-refractivity contribution in [3.8, 4) is 0 Å². The number of nitrogens with zero attached hydrogens (tertiary/aromatic N) is 1. The fourth-order valence-corrected chi connectivity index (χ4v) is 6.73. The predicted octanol–water partition coefficient (Wildman–Crippen LogP) is 2.72. The molecule has 4 atom stereocenters. The number of carbonyl (C=O) groups is 2. The van der Waals surface area contributed by atoms with Crippen LogP contribution in [0.3, 0.4) is 0 Å². The first-order valence-corrected chi connectivity index (χ1v) is 13.6. The van der Waals surface area contributed by atoms with Crippen LogP contribution in [0.2, 0.25) is 0 Å². The summed E-state index contributed by atoms with van der Waals surface area (Å²) in [6.07, 6.45) is -3.91. The van der Waals surface area contributed by atoms with E-state index in [0.29, 0.717) is 13.0 Å². The summed E-state index contributed by atoms with van der Waals surface area (Å²) in [6.45, 7) is 8.06. The number of alkyl halides is 3. The van der Waals surface area contributed by atoms with Crippen LogP contribution in [0.4, 0.5) is 13.2 Å². The van der Waals surface area contributed by atoms with Crippen molar-refractivity contribution < 1.29 is 31.2 Å². The minimum Gasteiger partial charge on any atom is -0.343 e. The van der Waals surface area contributed by atoms with Gasteiger partial charge in [-0.05, 0) is 83.2 Å². The summed E-state index contributed by atoms with van der Waals surface area (Å²) in [7, 11) is -3.34. The van der Waals surface area contributed by atoms with E-state index in [2.05, 4.69) is 10.6 Å². The van der Waals surface area contributed by atoms with Crippen molar-refractivity contribution in [2.75, 3.05) is 25.4 Å². The van der Waals surface area contributed by atoms with Crippen LogP contribution in [-0.2, 0) is 20.8 Å². The normalized spacial score (nSPS) is 24.6. The molecule has 11 heteroatoms. The molecule has 2 N–H and O–H groups in total. The summed E-state index contributed by atoms with van der Waals surface area (Å²) in [4.78, 5) is 27.4. The summed E-state index contributed by atoms with van der Waals surface area (Å²) in [6, 6.07) is 3.49. The monoisotopic (exact) mass is 517 g/mol. The van der Waals surface area contributed by atoms with E-state index in [1.54, 1.807) is 18.7 Å². The molecule has 1 aromatic carbocycles. The van der Waals surface area contributed by atoms with Crippen LogP contribution in [0, 0.1) is 17.8 Å². The Kier molecular flexibility index (Phi) is 8.20. The molecule has 2 fully saturated rings. The van der Waals surface area contributed by atoms with Crippen molar-refractivity contribution in [3.05, 3.63) is 35.4 Å². The Morgan fingerprint density at radius 1 is 1.17 bits per heavy atom. The maximum atomic E-state index is 13.3. The summed E-state index contributed by atoms with van der Waals surface area (Å²) in [5, 5.41) is 5.24. The minimum atomic E-state index is -4.58. The first-order valence-electron chi connectivity index (χ1n) is 11.9. The van der Waals surface area contributed by atoms with E-state index in [-0.39, 0.29) is 53.6 Å².